The summed E-state index contributed by atoms with van der Waals surface area (Å²) >= 11 is 0. The molecule has 0 N–H and O–H groups in total. The molecule has 1 amide bonds. The number of carbonyl (C=O) groups excluding carboxylic acids is 1. The quantitative estimate of drug-likeness (QED) is 0.642. The highest BCUT2D eigenvalue weighted by Gasteiger charge is 2.29. The summed E-state index contributed by atoms with van der Waals surface area (Å²) in [7, 11) is -1.22. The zero-order chi connectivity index (χ0) is 20.4. The molecule has 3 heterocycles. The van der Waals surface area contributed by atoms with Crippen LogP contribution in [-0.2, 0) is 22.8 Å². The lowest BCUT2D eigenvalue weighted by atomic mass is 10.1. The Morgan fingerprint density at radius 2 is 1.90 bits per heavy atom. The second kappa shape index (κ2) is 7.94. The molecule has 0 radical (unpaired) electrons. The van der Waals surface area contributed by atoms with E-state index in [1.165, 1.54) is 5.56 Å². The van der Waals surface area contributed by atoms with Gasteiger partial charge in [0.2, 0.25) is 0 Å². The van der Waals surface area contributed by atoms with E-state index in [9.17, 15) is 13.2 Å². The van der Waals surface area contributed by atoms with E-state index in [1.807, 2.05) is 22.8 Å². The Morgan fingerprint density at radius 3 is 2.62 bits per heavy atom. The number of aromatic nitrogens is 3. The molecular weight excluding hydrogens is 388 g/mol. The first-order valence-electron chi connectivity index (χ1n) is 9.75. The molecule has 1 fully saturated rings. The number of sulfone groups is 1. The molecule has 3 aromatic rings. The number of nitrogens with zero attached hydrogens (tertiary/aromatic N) is 4. The van der Waals surface area contributed by atoms with E-state index in [0.717, 1.165) is 18.6 Å². The Morgan fingerprint density at radius 1 is 1.17 bits per heavy atom. The molecule has 1 aliphatic rings. The lowest BCUT2D eigenvalue weighted by Crippen LogP contribution is -2.42. The molecular formula is C21H24N4O3S. The standard InChI is InChI=1S/C21H24N4O3S/c1-24(18-8-11-29(27,28)12-9-18)21(26)17-13-19-20(22-14-17)25(15-23-19)10-7-16-5-3-2-4-6-16/h2-6,13-15,18H,7-12H2,1H3. The molecule has 0 bridgehead atoms. The Hall–Kier alpha value is -2.74. The average molecular weight is 413 g/mol. The van der Waals surface area contributed by atoms with Crippen LogP contribution < -0.4 is 0 Å². The third kappa shape index (κ3) is 4.32. The van der Waals surface area contributed by atoms with Gasteiger partial charge < -0.3 is 9.47 Å². The summed E-state index contributed by atoms with van der Waals surface area (Å²) in [5, 5.41) is 0. The van der Waals surface area contributed by atoms with Crippen molar-refractivity contribution in [2.45, 2.75) is 31.8 Å². The zero-order valence-corrected chi connectivity index (χ0v) is 17.2. The van der Waals surface area contributed by atoms with E-state index in [4.69, 9.17) is 0 Å². The normalized spacial score (nSPS) is 16.7. The second-order valence-corrected chi connectivity index (χ2v) is 9.84. The lowest BCUT2D eigenvalue weighted by Gasteiger charge is -2.31. The van der Waals surface area contributed by atoms with Gasteiger partial charge in [0.1, 0.15) is 15.4 Å². The largest absolute Gasteiger partial charge is 0.339 e. The van der Waals surface area contributed by atoms with E-state index in [1.54, 1.807) is 30.5 Å². The minimum absolute atomic E-state index is 0.0647. The van der Waals surface area contributed by atoms with Crippen LogP contribution in [0, 0.1) is 0 Å². The molecule has 0 aliphatic carbocycles. The molecule has 29 heavy (non-hydrogen) atoms. The number of amides is 1. The summed E-state index contributed by atoms with van der Waals surface area (Å²) in [6, 6.07) is 11.9. The van der Waals surface area contributed by atoms with Crippen LogP contribution >= 0.6 is 0 Å². The zero-order valence-electron chi connectivity index (χ0n) is 16.4. The van der Waals surface area contributed by atoms with Crippen molar-refractivity contribution >= 4 is 26.9 Å². The number of hydrogen-bond acceptors (Lipinski definition) is 5. The van der Waals surface area contributed by atoms with Crippen molar-refractivity contribution in [3.05, 3.63) is 60.0 Å². The van der Waals surface area contributed by atoms with E-state index < -0.39 is 9.84 Å². The fraction of sp³-hybridized carbons (Fsp3) is 0.381. The smallest absolute Gasteiger partial charge is 0.255 e. The molecule has 0 saturated carbocycles. The van der Waals surface area contributed by atoms with Gasteiger partial charge in [0, 0.05) is 25.8 Å². The van der Waals surface area contributed by atoms with Gasteiger partial charge in [0.25, 0.3) is 5.91 Å². The van der Waals surface area contributed by atoms with Crippen molar-refractivity contribution in [1.82, 2.24) is 19.4 Å². The first kappa shape index (κ1) is 19.6. The Kier molecular flexibility index (Phi) is 5.36. The van der Waals surface area contributed by atoms with Gasteiger partial charge in [-0.2, -0.15) is 0 Å². The van der Waals surface area contributed by atoms with Crippen molar-refractivity contribution in [2.24, 2.45) is 0 Å². The van der Waals surface area contributed by atoms with Crippen molar-refractivity contribution in [1.29, 1.82) is 0 Å². The van der Waals surface area contributed by atoms with Crippen molar-refractivity contribution in [2.75, 3.05) is 18.6 Å². The van der Waals surface area contributed by atoms with Crippen LogP contribution in [0.1, 0.15) is 28.8 Å². The summed E-state index contributed by atoms with van der Waals surface area (Å²) < 4.78 is 25.2. The third-order valence-electron chi connectivity index (χ3n) is 5.58. The van der Waals surface area contributed by atoms with Gasteiger partial charge in [-0.05, 0) is 30.9 Å². The molecule has 2 aromatic heterocycles. The highest BCUT2D eigenvalue weighted by molar-refractivity contribution is 7.91. The van der Waals surface area contributed by atoms with Crippen LogP contribution in [0.5, 0.6) is 0 Å². The lowest BCUT2D eigenvalue weighted by molar-refractivity contribution is 0.0721. The summed E-state index contributed by atoms with van der Waals surface area (Å²) in [5.74, 6) is 0.124. The third-order valence-corrected chi connectivity index (χ3v) is 7.29. The maximum atomic E-state index is 12.9. The first-order chi connectivity index (χ1) is 13.9. The van der Waals surface area contributed by atoms with Gasteiger partial charge in [-0.15, -0.1) is 0 Å². The van der Waals surface area contributed by atoms with Crippen LogP contribution in [0.15, 0.2) is 48.9 Å². The molecule has 4 rings (SSSR count). The predicted octanol–water partition coefficient (Wildman–Crippen LogP) is 2.32. The number of fused-ring (bicyclic) bond motifs is 1. The van der Waals surface area contributed by atoms with Crippen molar-refractivity contribution in [3.63, 3.8) is 0 Å². The topological polar surface area (TPSA) is 85.2 Å². The van der Waals surface area contributed by atoms with E-state index in [-0.39, 0.29) is 23.5 Å². The number of imidazole rings is 1. The summed E-state index contributed by atoms with van der Waals surface area (Å²) in [6.07, 6.45) is 5.18. The highest BCUT2D eigenvalue weighted by atomic mass is 32.2. The van der Waals surface area contributed by atoms with E-state index in [0.29, 0.717) is 23.9 Å². The van der Waals surface area contributed by atoms with Gasteiger partial charge in [0.15, 0.2) is 5.65 Å². The maximum Gasteiger partial charge on any atom is 0.255 e. The van der Waals surface area contributed by atoms with Gasteiger partial charge in [-0.1, -0.05) is 30.3 Å². The molecule has 152 valence electrons. The molecule has 1 saturated heterocycles. The van der Waals surface area contributed by atoms with E-state index in [2.05, 4.69) is 22.1 Å². The van der Waals surface area contributed by atoms with Crippen LogP contribution in [-0.4, -0.2) is 58.4 Å². The number of pyridine rings is 1. The van der Waals surface area contributed by atoms with E-state index >= 15 is 0 Å². The Bertz CT molecular complexity index is 1110. The fourth-order valence-corrected chi connectivity index (χ4v) is 5.22. The predicted molar refractivity (Wildman–Crippen MR) is 111 cm³/mol. The molecule has 1 aromatic carbocycles. The van der Waals surface area contributed by atoms with Crippen LogP contribution in [0.2, 0.25) is 0 Å². The average Bonchev–Trinajstić information content (AvgIpc) is 3.14. The molecule has 0 atom stereocenters. The number of benzene rings is 1. The van der Waals surface area contributed by atoms with Gasteiger partial charge >= 0.3 is 0 Å². The minimum atomic E-state index is -2.95. The van der Waals surface area contributed by atoms with Crippen molar-refractivity contribution in [3.8, 4) is 0 Å². The van der Waals surface area contributed by atoms with Gasteiger partial charge in [0.05, 0.1) is 23.4 Å². The van der Waals surface area contributed by atoms with Crippen LogP contribution in [0.25, 0.3) is 11.2 Å². The van der Waals surface area contributed by atoms with Crippen LogP contribution in [0.3, 0.4) is 0 Å². The second-order valence-electron chi connectivity index (χ2n) is 7.54. The first-order valence-corrected chi connectivity index (χ1v) is 11.6. The van der Waals surface area contributed by atoms with Crippen LogP contribution in [0.4, 0.5) is 0 Å². The fourth-order valence-electron chi connectivity index (χ4n) is 3.76. The minimum Gasteiger partial charge on any atom is -0.339 e. The number of hydrogen-bond donors (Lipinski definition) is 0. The molecule has 0 unspecified atom stereocenters. The van der Waals surface area contributed by atoms with Gasteiger partial charge in [-0.3, -0.25) is 4.79 Å². The number of aryl methyl sites for hydroxylation is 2. The Balaban J connectivity index is 1.47. The highest BCUT2D eigenvalue weighted by Crippen LogP contribution is 2.20. The Labute approximate surface area is 170 Å². The summed E-state index contributed by atoms with van der Waals surface area (Å²) in [4.78, 5) is 23.4. The molecule has 1 aliphatic heterocycles. The van der Waals surface area contributed by atoms with Crippen molar-refractivity contribution < 1.29 is 13.2 Å². The number of rotatable bonds is 5. The summed E-state index contributed by atoms with van der Waals surface area (Å²) in [5.41, 5.74) is 3.16. The molecule has 8 heteroatoms. The summed E-state index contributed by atoms with van der Waals surface area (Å²) in [6.45, 7) is 0.761. The SMILES string of the molecule is CN(C(=O)c1cnc2c(c1)ncn2CCc1ccccc1)C1CCS(=O)(=O)CC1. The number of carbonyl (C=O) groups is 1. The molecule has 0 spiro atoms. The monoisotopic (exact) mass is 412 g/mol. The molecule has 7 nitrogen and oxygen atoms in total. The van der Waals surface area contributed by atoms with Gasteiger partial charge in [-0.25, -0.2) is 18.4 Å². The maximum absolute atomic E-state index is 12.9.